The number of anilines is 3. The van der Waals surface area contributed by atoms with Crippen LogP contribution in [0.15, 0.2) is 72.8 Å². The van der Waals surface area contributed by atoms with Gasteiger partial charge in [0, 0.05) is 28.2 Å². The Labute approximate surface area is 154 Å². The lowest BCUT2D eigenvalue weighted by molar-refractivity contribution is 0.475. The van der Waals surface area contributed by atoms with Gasteiger partial charge in [0.05, 0.1) is 0 Å². The van der Waals surface area contributed by atoms with Crippen LogP contribution < -0.4 is 4.90 Å². The molecule has 0 saturated carbocycles. The first-order chi connectivity index (χ1) is 12.7. The standard InChI is InChI=1S/C24H19NO/c1-3-5-19-7-11-21(12-8-19)25(23-15-17-24(26)18-16-23)22-13-9-20(6-4-2)10-14-22/h7-18,26H,1-2H3. The van der Waals surface area contributed by atoms with Crippen molar-refractivity contribution in [2.75, 3.05) is 4.90 Å². The Morgan fingerprint density at radius 3 is 1.27 bits per heavy atom. The second-order valence-electron chi connectivity index (χ2n) is 5.70. The van der Waals surface area contributed by atoms with Gasteiger partial charge >= 0.3 is 0 Å². The maximum absolute atomic E-state index is 9.62. The highest BCUT2D eigenvalue weighted by molar-refractivity contribution is 5.77. The molecule has 126 valence electrons. The fourth-order valence-corrected chi connectivity index (χ4v) is 2.73. The van der Waals surface area contributed by atoms with E-state index in [-0.39, 0.29) is 5.75 Å². The van der Waals surface area contributed by atoms with Crippen LogP contribution in [0.4, 0.5) is 17.1 Å². The second kappa shape index (κ2) is 7.97. The van der Waals surface area contributed by atoms with E-state index in [1.165, 1.54) is 0 Å². The molecule has 2 heteroatoms. The quantitative estimate of drug-likeness (QED) is 0.628. The van der Waals surface area contributed by atoms with E-state index >= 15 is 0 Å². The molecule has 0 fully saturated rings. The molecule has 1 N–H and O–H groups in total. The zero-order chi connectivity index (χ0) is 18.4. The third kappa shape index (κ3) is 3.89. The van der Waals surface area contributed by atoms with Gasteiger partial charge in [-0.3, -0.25) is 0 Å². The smallest absolute Gasteiger partial charge is 0.115 e. The Morgan fingerprint density at radius 1 is 0.577 bits per heavy atom. The predicted octanol–water partition coefficient (Wildman–Crippen LogP) is 5.60. The summed E-state index contributed by atoms with van der Waals surface area (Å²) in [5, 5.41) is 9.62. The topological polar surface area (TPSA) is 23.5 Å². The first-order valence-electron chi connectivity index (χ1n) is 8.36. The first kappa shape index (κ1) is 17.2. The van der Waals surface area contributed by atoms with Crippen molar-refractivity contribution in [3.05, 3.63) is 83.9 Å². The lowest BCUT2D eigenvalue weighted by Gasteiger charge is -2.25. The largest absolute Gasteiger partial charge is 0.508 e. The fraction of sp³-hybridized carbons (Fsp3) is 0.0833. The summed E-state index contributed by atoms with van der Waals surface area (Å²) in [6.07, 6.45) is 0. The summed E-state index contributed by atoms with van der Waals surface area (Å²) in [6.45, 7) is 3.66. The molecule has 0 aromatic heterocycles. The van der Waals surface area contributed by atoms with Crippen LogP contribution in [0.2, 0.25) is 0 Å². The summed E-state index contributed by atoms with van der Waals surface area (Å²) in [5.41, 5.74) is 4.97. The van der Waals surface area contributed by atoms with Crippen LogP contribution in [0.25, 0.3) is 0 Å². The van der Waals surface area contributed by atoms with Gasteiger partial charge in [-0.05, 0) is 86.6 Å². The minimum absolute atomic E-state index is 0.246. The summed E-state index contributed by atoms with van der Waals surface area (Å²) >= 11 is 0. The van der Waals surface area contributed by atoms with Crippen molar-refractivity contribution in [1.29, 1.82) is 0 Å². The van der Waals surface area contributed by atoms with Crippen molar-refractivity contribution in [2.24, 2.45) is 0 Å². The molecular formula is C24H19NO. The van der Waals surface area contributed by atoms with Crippen LogP contribution in [0.5, 0.6) is 5.75 Å². The molecule has 3 aromatic carbocycles. The summed E-state index contributed by atoms with van der Waals surface area (Å²) in [6, 6.07) is 23.4. The van der Waals surface area contributed by atoms with E-state index in [1.54, 1.807) is 12.1 Å². The van der Waals surface area contributed by atoms with Crippen molar-refractivity contribution >= 4 is 17.1 Å². The molecule has 0 radical (unpaired) electrons. The summed E-state index contributed by atoms with van der Waals surface area (Å²) in [5.74, 6) is 12.2. The summed E-state index contributed by atoms with van der Waals surface area (Å²) in [4.78, 5) is 2.13. The number of hydrogen-bond acceptors (Lipinski definition) is 2. The van der Waals surface area contributed by atoms with Gasteiger partial charge in [-0.15, -0.1) is 11.8 Å². The molecule has 0 saturated heterocycles. The highest BCUT2D eigenvalue weighted by Crippen LogP contribution is 2.35. The molecule has 26 heavy (non-hydrogen) atoms. The third-order valence-corrected chi connectivity index (χ3v) is 3.90. The van der Waals surface area contributed by atoms with Crippen molar-refractivity contribution in [3.8, 4) is 29.4 Å². The van der Waals surface area contributed by atoms with E-state index in [4.69, 9.17) is 0 Å². The first-order valence-corrected chi connectivity index (χ1v) is 8.36. The van der Waals surface area contributed by atoms with E-state index in [0.29, 0.717) is 0 Å². The molecule has 0 heterocycles. The highest BCUT2D eigenvalue weighted by atomic mass is 16.3. The molecule has 0 atom stereocenters. The van der Waals surface area contributed by atoms with Crippen molar-refractivity contribution in [3.63, 3.8) is 0 Å². The molecule has 0 aliphatic heterocycles. The number of benzene rings is 3. The lowest BCUT2D eigenvalue weighted by Crippen LogP contribution is -2.09. The van der Waals surface area contributed by atoms with E-state index in [9.17, 15) is 5.11 Å². The lowest BCUT2D eigenvalue weighted by atomic mass is 10.1. The molecule has 0 aliphatic rings. The normalized spacial score (nSPS) is 9.46. The van der Waals surface area contributed by atoms with Gasteiger partial charge in [-0.25, -0.2) is 0 Å². The molecule has 0 spiro atoms. The van der Waals surface area contributed by atoms with Gasteiger partial charge < -0.3 is 10.0 Å². The number of phenolic OH excluding ortho intramolecular Hbond substituents is 1. The zero-order valence-corrected chi connectivity index (χ0v) is 14.8. The minimum atomic E-state index is 0.246. The van der Waals surface area contributed by atoms with Crippen LogP contribution in [-0.4, -0.2) is 5.11 Å². The Balaban J connectivity index is 2.07. The van der Waals surface area contributed by atoms with E-state index in [1.807, 2.05) is 74.5 Å². The van der Waals surface area contributed by atoms with Crippen LogP contribution in [0.1, 0.15) is 25.0 Å². The molecule has 2 nitrogen and oxygen atoms in total. The Morgan fingerprint density at radius 2 is 0.923 bits per heavy atom. The van der Waals surface area contributed by atoms with Crippen molar-refractivity contribution in [1.82, 2.24) is 0 Å². The number of hydrogen-bond donors (Lipinski definition) is 1. The van der Waals surface area contributed by atoms with Crippen LogP contribution in [-0.2, 0) is 0 Å². The Hall–Kier alpha value is -3.62. The molecular weight excluding hydrogens is 318 g/mol. The van der Waals surface area contributed by atoms with Gasteiger partial charge in [0.15, 0.2) is 0 Å². The van der Waals surface area contributed by atoms with Crippen LogP contribution >= 0.6 is 0 Å². The fourth-order valence-electron chi connectivity index (χ4n) is 2.73. The SMILES string of the molecule is CC#Cc1ccc(N(c2ccc(O)cc2)c2ccc(C#CC)cc2)cc1. The van der Waals surface area contributed by atoms with Gasteiger partial charge in [0.25, 0.3) is 0 Å². The van der Waals surface area contributed by atoms with Gasteiger partial charge in [0.1, 0.15) is 5.75 Å². The maximum Gasteiger partial charge on any atom is 0.115 e. The van der Waals surface area contributed by atoms with E-state index < -0.39 is 0 Å². The molecule has 0 bridgehead atoms. The number of phenols is 1. The highest BCUT2D eigenvalue weighted by Gasteiger charge is 2.12. The zero-order valence-electron chi connectivity index (χ0n) is 14.8. The van der Waals surface area contributed by atoms with Gasteiger partial charge in [0.2, 0.25) is 0 Å². The molecule has 0 unspecified atom stereocenters. The molecule has 0 amide bonds. The minimum Gasteiger partial charge on any atom is -0.508 e. The Kier molecular flexibility index (Phi) is 5.28. The summed E-state index contributed by atoms with van der Waals surface area (Å²) < 4.78 is 0. The molecule has 0 aliphatic carbocycles. The van der Waals surface area contributed by atoms with Gasteiger partial charge in [-0.1, -0.05) is 11.8 Å². The van der Waals surface area contributed by atoms with Crippen molar-refractivity contribution < 1.29 is 5.11 Å². The van der Waals surface area contributed by atoms with E-state index in [0.717, 1.165) is 28.2 Å². The number of rotatable bonds is 3. The number of aromatic hydroxyl groups is 1. The van der Waals surface area contributed by atoms with Crippen molar-refractivity contribution in [2.45, 2.75) is 13.8 Å². The average Bonchev–Trinajstić information content (AvgIpc) is 2.67. The van der Waals surface area contributed by atoms with Gasteiger partial charge in [-0.2, -0.15) is 0 Å². The predicted molar refractivity (Wildman–Crippen MR) is 108 cm³/mol. The molecule has 3 rings (SSSR count). The summed E-state index contributed by atoms with van der Waals surface area (Å²) in [7, 11) is 0. The average molecular weight is 337 g/mol. The maximum atomic E-state index is 9.62. The monoisotopic (exact) mass is 337 g/mol. The third-order valence-electron chi connectivity index (χ3n) is 3.90. The Bertz CT molecular complexity index is 929. The molecule has 3 aromatic rings. The van der Waals surface area contributed by atoms with Crippen LogP contribution in [0, 0.1) is 23.7 Å². The number of nitrogens with zero attached hydrogens (tertiary/aromatic N) is 1. The van der Waals surface area contributed by atoms with E-state index in [2.05, 4.69) is 28.6 Å². The van der Waals surface area contributed by atoms with Crippen LogP contribution in [0.3, 0.4) is 0 Å². The second-order valence-corrected chi connectivity index (χ2v) is 5.70.